The summed E-state index contributed by atoms with van der Waals surface area (Å²) in [6.07, 6.45) is -4.44. The Morgan fingerprint density at radius 3 is 2.35 bits per heavy atom. The van der Waals surface area contributed by atoms with Gasteiger partial charge in [-0.3, -0.25) is 0 Å². The second kappa shape index (κ2) is 6.59. The first-order valence-electron chi connectivity index (χ1n) is 5.11. The third kappa shape index (κ3) is 5.93. The SMILES string of the molecule is O=S(=O)(Cl)c1ccc(OCCOCC(F)(F)F)c(F)c1. The normalized spacial score (nSPS) is 12.4. The summed E-state index contributed by atoms with van der Waals surface area (Å²) in [5.74, 6) is -1.31. The molecule has 114 valence electrons. The lowest BCUT2D eigenvalue weighted by molar-refractivity contribution is -0.175. The molecule has 0 N–H and O–H groups in total. The van der Waals surface area contributed by atoms with E-state index < -0.39 is 39.2 Å². The van der Waals surface area contributed by atoms with Crippen LogP contribution in [0.3, 0.4) is 0 Å². The number of hydrogen-bond donors (Lipinski definition) is 0. The molecule has 0 saturated heterocycles. The van der Waals surface area contributed by atoms with Crippen molar-refractivity contribution in [3.05, 3.63) is 24.0 Å². The van der Waals surface area contributed by atoms with Crippen molar-refractivity contribution in [3.63, 3.8) is 0 Å². The molecule has 4 nitrogen and oxygen atoms in total. The van der Waals surface area contributed by atoms with Crippen LogP contribution in [0.2, 0.25) is 0 Å². The molecule has 0 aliphatic rings. The molecule has 0 aliphatic carbocycles. The summed E-state index contributed by atoms with van der Waals surface area (Å²) in [6, 6.07) is 2.67. The Bertz CT molecular complexity index is 559. The first kappa shape index (κ1) is 17.0. The van der Waals surface area contributed by atoms with Crippen molar-refractivity contribution in [2.45, 2.75) is 11.1 Å². The van der Waals surface area contributed by atoms with Crippen molar-refractivity contribution in [3.8, 4) is 5.75 Å². The molecule has 0 radical (unpaired) electrons. The molecule has 1 aromatic carbocycles. The second-order valence-electron chi connectivity index (χ2n) is 3.55. The fourth-order valence-corrected chi connectivity index (χ4v) is 1.91. The molecular weight excluding hydrogens is 328 g/mol. The molecule has 0 atom stereocenters. The zero-order valence-corrected chi connectivity index (χ0v) is 11.4. The third-order valence-electron chi connectivity index (χ3n) is 1.94. The monoisotopic (exact) mass is 336 g/mol. The van der Waals surface area contributed by atoms with Crippen LogP contribution >= 0.6 is 10.7 Å². The summed E-state index contributed by atoms with van der Waals surface area (Å²) in [5, 5.41) is 0. The zero-order chi connectivity index (χ0) is 15.4. The van der Waals surface area contributed by atoms with Crippen molar-refractivity contribution in [1.82, 2.24) is 0 Å². The quantitative estimate of drug-likeness (QED) is 0.455. The molecule has 0 heterocycles. The van der Waals surface area contributed by atoms with Crippen LogP contribution in [-0.4, -0.2) is 34.4 Å². The van der Waals surface area contributed by atoms with Gasteiger partial charge in [0, 0.05) is 10.7 Å². The number of benzene rings is 1. The van der Waals surface area contributed by atoms with Gasteiger partial charge in [0.05, 0.1) is 11.5 Å². The predicted molar refractivity (Wildman–Crippen MR) is 61.8 cm³/mol. The molecule has 0 amide bonds. The van der Waals surface area contributed by atoms with Crippen molar-refractivity contribution in [2.75, 3.05) is 19.8 Å². The van der Waals surface area contributed by atoms with Crippen LogP contribution < -0.4 is 4.74 Å². The van der Waals surface area contributed by atoms with Crippen LogP contribution in [0.4, 0.5) is 17.6 Å². The van der Waals surface area contributed by atoms with Gasteiger partial charge in [-0.25, -0.2) is 12.8 Å². The van der Waals surface area contributed by atoms with E-state index in [-0.39, 0.29) is 12.4 Å². The van der Waals surface area contributed by atoms with Crippen LogP contribution in [0, 0.1) is 5.82 Å². The van der Waals surface area contributed by atoms with Crippen molar-refractivity contribution >= 4 is 19.7 Å². The van der Waals surface area contributed by atoms with Crippen LogP contribution in [0.25, 0.3) is 0 Å². The Morgan fingerprint density at radius 2 is 1.85 bits per heavy atom. The van der Waals surface area contributed by atoms with Gasteiger partial charge in [0.25, 0.3) is 9.05 Å². The van der Waals surface area contributed by atoms with E-state index in [1.165, 1.54) is 0 Å². The lowest BCUT2D eigenvalue weighted by Gasteiger charge is -2.09. The maximum atomic E-state index is 13.4. The highest BCUT2D eigenvalue weighted by Crippen LogP contribution is 2.23. The molecular formula is C10H9ClF4O4S. The average molecular weight is 337 g/mol. The average Bonchev–Trinajstić information content (AvgIpc) is 2.27. The zero-order valence-electron chi connectivity index (χ0n) is 9.78. The van der Waals surface area contributed by atoms with Crippen molar-refractivity contribution < 1.29 is 35.5 Å². The van der Waals surface area contributed by atoms with Gasteiger partial charge in [-0.05, 0) is 18.2 Å². The van der Waals surface area contributed by atoms with Crippen molar-refractivity contribution in [1.29, 1.82) is 0 Å². The minimum absolute atomic E-state index is 0.315. The molecule has 10 heteroatoms. The fourth-order valence-electron chi connectivity index (χ4n) is 1.15. The lowest BCUT2D eigenvalue weighted by atomic mass is 10.3. The number of rotatable bonds is 6. The maximum absolute atomic E-state index is 13.4. The van der Waals surface area contributed by atoms with E-state index in [2.05, 4.69) is 4.74 Å². The molecule has 0 aliphatic heterocycles. The molecule has 0 saturated carbocycles. The van der Waals surface area contributed by atoms with E-state index >= 15 is 0 Å². The number of hydrogen-bond acceptors (Lipinski definition) is 4. The molecule has 0 spiro atoms. The van der Waals surface area contributed by atoms with Gasteiger partial charge in [0.2, 0.25) is 0 Å². The second-order valence-corrected chi connectivity index (χ2v) is 6.11. The summed E-state index contributed by atoms with van der Waals surface area (Å²) < 4.78 is 79.5. The Hall–Kier alpha value is -1.06. The van der Waals surface area contributed by atoms with E-state index in [1.807, 2.05) is 0 Å². The largest absolute Gasteiger partial charge is 0.488 e. The molecule has 20 heavy (non-hydrogen) atoms. The molecule has 0 unspecified atom stereocenters. The van der Waals surface area contributed by atoms with Crippen LogP contribution in [-0.2, 0) is 13.8 Å². The minimum atomic E-state index is -4.44. The highest BCUT2D eigenvalue weighted by Gasteiger charge is 2.27. The molecule has 0 fully saturated rings. The summed E-state index contributed by atoms with van der Waals surface area (Å²) in [4.78, 5) is -0.447. The topological polar surface area (TPSA) is 52.6 Å². The highest BCUT2D eigenvalue weighted by atomic mass is 35.7. The maximum Gasteiger partial charge on any atom is 0.411 e. The van der Waals surface area contributed by atoms with E-state index in [0.29, 0.717) is 6.07 Å². The number of ether oxygens (including phenoxy) is 2. The third-order valence-corrected chi connectivity index (χ3v) is 3.29. The molecule has 1 rings (SSSR count). The van der Waals surface area contributed by atoms with Gasteiger partial charge >= 0.3 is 6.18 Å². The minimum Gasteiger partial charge on any atom is -0.488 e. The van der Waals surface area contributed by atoms with Crippen LogP contribution in [0.5, 0.6) is 5.75 Å². The first-order chi connectivity index (χ1) is 9.09. The number of alkyl halides is 3. The molecule has 0 bridgehead atoms. The Morgan fingerprint density at radius 1 is 1.20 bits per heavy atom. The fraction of sp³-hybridized carbons (Fsp3) is 0.400. The van der Waals surface area contributed by atoms with Crippen LogP contribution in [0.15, 0.2) is 23.1 Å². The van der Waals surface area contributed by atoms with E-state index in [0.717, 1.165) is 12.1 Å². The van der Waals surface area contributed by atoms with E-state index in [4.69, 9.17) is 15.4 Å². The van der Waals surface area contributed by atoms with E-state index in [1.54, 1.807) is 0 Å². The predicted octanol–water partition coefficient (Wildman–Crippen LogP) is 2.71. The van der Waals surface area contributed by atoms with E-state index in [9.17, 15) is 26.0 Å². The number of halogens is 5. The molecule has 1 aromatic rings. The standard InChI is InChI=1S/C10H9ClF4O4S/c11-20(16,17)7-1-2-9(8(12)5-7)19-4-3-18-6-10(13,14)15/h1-2,5H,3-4,6H2. The highest BCUT2D eigenvalue weighted by molar-refractivity contribution is 8.13. The Labute approximate surface area is 116 Å². The summed E-state index contributed by atoms with van der Waals surface area (Å²) >= 11 is 0. The van der Waals surface area contributed by atoms with Crippen LogP contribution in [0.1, 0.15) is 0 Å². The van der Waals surface area contributed by atoms with Crippen molar-refractivity contribution in [2.24, 2.45) is 0 Å². The van der Waals surface area contributed by atoms with Gasteiger partial charge < -0.3 is 9.47 Å². The summed E-state index contributed by atoms with van der Waals surface area (Å²) in [7, 11) is 0.949. The lowest BCUT2D eigenvalue weighted by Crippen LogP contribution is -2.19. The van der Waals surface area contributed by atoms with Gasteiger partial charge in [0.1, 0.15) is 13.2 Å². The van der Waals surface area contributed by atoms with Gasteiger partial charge in [0.15, 0.2) is 11.6 Å². The Balaban J connectivity index is 2.50. The molecule has 0 aromatic heterocycles. The van der Waals surface area contributed by atoms with Gasteiger partial charge in [-0.2, -0.15) is 13.2 Å². The van der Waals surface area contributed by atoms with Gasteiger partial charge in [-0.1, -0.05) is 0 Å². The summed E-state index contributed by atoms with van der Waals surface area (Å²) in [6.45, 7) is -2.14. The Kier molecular flexibility index (Phi) is 5.60. The smallest absolute Gasteiger partial charge is 0.411 e. The first-order valence-corrected chi connectivity index (χ1v) is 7.42. The van der Waals surface area contributed by atoms with Gasteiger partial charge in [-0.15, -0.1) is 0 Å². The summed E-state index contributed by atoms with van der Waals surface area (Å²) in [5.41, 5.74) is 0.